The Hall–Kier alpha value is -0.810. The molecule has 2 rings (SSSR count). The Bertz CT molecular complexity index is 420. The molecule has 0 aliphatic carbocycles. The Labute approximate surface area is 130 Å². The van der Waals surface area contributed by atoms with Crippen molar-refractivity contribution >= 4 is 29.9 Å². The van der Waals surface area contributed by atoms with E-state index in [1.165, 1.54) is 0 Å². The smallest absolute Gasteiger partial charge is 0.225 e. The third-order valence-corrected chi connectivity index (χ3v) is 3.42. The predicted molar refractivity (Wildman–Crippen MR) is 82.4 cm³/mol. The van der Waals surface area contributed by atoms with Gasteiger partial charge < -0.3 is 15.0 Å². The monoisotopic (exact) mass is 318 g/mol. The SMILES string of the molecule is CN(Cc1ccc(Cl)cc1)C(=O)CC1CNCCO1.Cl. The van der Waals surface area contributed by atoms with E-state index in [9.17, 15) is 4.79 Å². The molecule has 1 heterocycles. The molecule has 1 aromatic rings. The van der Waals surface area contributed by atoms with E-state index in [1.807, 2.05) is 31.3 Å². The van der Waals surface area contributed by atoms with Gasteiger partial charge >= 0.3 is 0 Å². The standard InChI is InChI=1S/C14H19ClN2O2.ClH/c1-17(10-11-2-4-12(15)5-3-11)14(18)8-13-9-16-6-7-19-13;/h2-5,13,16H,6-10H2,1H3;1H. The van der Waals surface area contributed by atoms with Crippen molar-refractivity contribution in [2.45, 2.75) is 19.1 Å². The molecule has 1 unspecified atom stereocenters. The maximum atomic E-state index is 12.1. The maximum absolute atomic E-state index is 12.1. The van der Waals surface area contributed by atoms with E-state index in [4.69, 9.17) is 16.3 Å². The fourth-order valence-electron chi connectivity index (χ4n) is 2.05. The summed E-state index contributed by atoms with van der Waals surface area (Å²) in [6.45, 7) is 2.89. The number of nitrogens with zero attached hydrogens (tertiary/aromatic N) is 1. The van der Waals surface area contributed by atoms with Crippen LogP contribution in [0.15, 0.2) is 24.3 Å². The molecule has 6 heteroatoms. The lowest BCUT2D eigenvalue weighted by Crippen LogP contribution is -2.41. The van der Waals surface area contributed by atoms with Gasteiger partial charge in [-0.15, -0.1) is 12.4 Å². The first-order chi connectivity index (χ1) is 9.15. The lowest BCUT2D eigenvalue weighted by atomic mass is 10.2. The Morgan fingerprint density at radius 3 is 2.75 bits per heavy atom. The first kappa shape index (κ1) is 17.2. The average molecular weight is 319 g/mol. The van der Waals surface area contributed by atoms with E-state index in [0.717, 1.165) is 18.7 Å². The first-order valence-corrected chi connectivity index (χ1v) is 6.83. The second-order valence-electron chi connectivity index (χ2n) is 4.78. The third kappa shape index (κ3) is 5.29. The van der Waals surface area contributed by atoms with E-state index in [2.05, 4.69) is 5.32 Å². The number of hydrogen-bond donors (Lipinski definition) is 1. The van der Waals surface area contributed by atoms with Crippen LogP contribution in [0.5, 0.6) is 0 Å². The highest BCUT2D eigenvalue weighted by molar-refractivity contribution is 6.30. The van der Waals surface area contributed by atoms with E-state index in [-0.39, 0.29) is 24.4 Å². The van der Waals surface area contributed by atoms with Gasteiger partial charge in [-0.25, -0.2) is 0 Å². The van der Waals surface area contributed by atoms with E-state index in [1.54, 1.807) is 4.90 Å². The molecule has 1 aliphatic heterocycles. The summed E-state index contributed by atoms with van der Waals surface area (Å²) in [5.41, 5.74) is 1.07. The van der Waals surface area contributed by atoms with Gasteiger partial charge in [0, 0.05) is 31.7 Å². The van der Waals surface area contributed by atoms with Gasteiger partial charge in [0.2, 0.25) is 5.91 Å². The zero-order valence-corrected chi connectivity index (χ0v) is 13.0. The molecule has 20 heavy (non-hydrogen) atoms. The zero-order chi connectivity index (χ0) is 13.7. The van der Waals surface area contributed by atoms with Gasteiger partial charge in [0.15, 0.2) is 0 Å². The summed E-state index contributed by atoms with van der Waals surface area (Å²) in [6, 6.07) is 7.54. The number of carbonyl (C=O) groups excluding carboxylic acids is 1. The van der Waals surface area contributed by atoms with E-state index >= 15 is 0 Å². The molecule has 0 saturated carbocycles. The second-order valence-corrected chi connectivity index (χ2v) is 5.21. The number of carbonyl (C=O) groups is 1. The van der Waals surface area contributed by atoms with Crippen molar-refractivity contribution in [3.8, 4) is 0 Å². The van der Waals surface area contributed by atoms with Gasteiger partial charge in [0.05, 0.1) is 19.1 Å². The summed E-state index contributed by atoms with van der Waals surface area (Å²) < 4.78 is 5.54. The molecule has 1 aromatic carbocycles. The fraction of sp³-hybridized carbons (Fsp3) is 0.500. The van der Waals surface area contributed by atoms with Crippen molar-refractivity contribution in [2.24, 2.45) is 0 Å². The minimum Gasteiger partial charge on any atom is -0.375 e. The number of benzene rings is 1. The minimum absolute atomic E-state index is 0. The molecule has 1 N–H and O–H groups in total. The van der Waals surface area contributed by atoms with Gasteiger partial charge in [-0.2, -0.15) is 0 Å². The van der Waals surface area contributed by atoms with Crippen molar-refractivity contribution in [3.63, 3.8) is 0 Å². The molecular weight excluding hydrogens is 299 g/mol. The van der Waals surface area contributed by atoms with Gasteiger partial charge in [0.1, 0.15) is 0 Å². The van der Waals surface area contributed by atoms with Crippen LogP contribution in [0, 0.1) is 0 Å². The molecule has 0 radical (unpaired) electrons. The number of hydrogen-bond acceptors (Lipinski definition) is 3. The Morgan fingerprint density at radius 2 is 2.15 bits per heavy atom. The highest BCUT2D eigenvalue weighted by Gasteiger charge is 2.19. The number of morpholine rings is 1. The molecule has 4 nitrogen and oxygen atoms in total. The van der Waals surface area contributed by atoms with Crippen LogP contribution in [0.1, 0.15) is 12.0 Å². The van der Waals surface area contributed by atoms with Crippen LogP contribution in [0.3, 0.4) is 0 Å². The van der Waals surface area contributed by atoms with Gasteiger partial charge in [-0.3, -0.25) is 4.79 Å². The third-order valence-electron chi connectivity index (χ3n) is 3.17. The maximum Gasteiger partial charge on any atom is 0.225 e. The van der Waals surface area contributed by atoms with Crippen LogP contribution in [0.4, 0.5) is 0 Å². The van der Waals surface area contributed by atoms with Crippen LogP contribution in [0.25, 0.3) is 0 Å². The van der Waals surface area contributed by atoms with Gasteiger partial charge in [-0.05, 0) is 17.7 Å². The topological polar surface area (TPSA) is 41.6 Å². The van der Waals surface area contributed by atoms with Crippen LogP contribution < -0.4 is 5.32 Å². The van der Waals surface area contributed by atoms with E-state index < -0.39 is 0 Å². The summed E-state index contributed by atoms with van der Waals surface area (Å²) in [5, 5.41) is 3.93. The molecule has 1 aliphatic rings. The molecule has 0 spiro atoms. The molecule has 0 bridgehead atoms. The molecular formula is C14H20Cl2N2O2. The molecule has 1 saturated heterocycles. The van der Waals surface area contributed by atoms with Crippen molar-refractivity contribution < 1.29 is 9.53 Å². The van der Waals surface area contributed by atoms with Crippen LogP contribution in [-0.2, 0) is 16.1 Å². The highest BCUT2D eigenvalue weighted by Crippen LogP contribution is 2.12. The van der Waals surface area contributed by atoms with Crippen molar-refractivity contribution in [1.82, 2.24) is 10.2 Å². The summed E-state index contributed by atoms with van der Waals surface area (Å²) in [5.74, 6) is 0.101. The number of amides is 1. The van der Waals surface area contributed by atoms with E-state index in [0.29, 0.717) is 24.6 Å². The summed E-state index contributed by atoms with van der Waals surface area (Å²) in [4.78, 5) is 13.8. The molecule has 1 amide bonds. The summed E-state index contributed by atoms with van der Waals surface area (Å²) in [7, 11) is 1.81. The second kappa shape index (κ2) is 8.47. The van der Waals surface area contributed by atoms with Crippen LogP contribution in [0.2, 0.25) is 5.02 Å². The minimum atomic E-state index is -0.00563. The number of ether oxygens (including phenoxy) is 1. The number of halogens is 2. The van der Waals surface area contributed by atoms with Crippen molar-refractivity contribution in [2.75, 3.05) is 26.7 Å². The Balaban J connectivity index is 0.00000200. The van der Waals surface area contributed by atoms with Crippen molar-refractivity contribution in [1.29, 1.82) is 0 Å². The normalized spacial score (nSPS) is 18.2. The molecule has 1 fully saturated rings. The summed E-state index contributed by atoms with van der Waals surface area (Å²) in [6.07, 6.45) is 0.422. The van der Waals surface area contributed by atoms with Gasteiger partial charge in [-0.1, -0.05) is 23.7 Å². The lowest BCUT2D eigenvalue weighted by Gasteiger charge is -2.25. The largest absolute Gasteiger partial charge is 0.375 e. The van der Waals surface area contributed by atoms with Crippen molar-refractivity contribution in [3.05, 3.63) is 34.9 Å². The highest BCUT2D eigenvalue weighted by atomic mass is 35.5. The molecule has 112 valence electrons. The number of rotatable bonds is 4. The quantitative estimate of drug-likeness (QED) is 0.924. The zero-order valence-electron chi connectivity index (χ0n) is 11.5. The average Bonchev–Trinajstić information content (AvgIpc) is 2.42. The lowest BCUT2D eigenvalue weighted by molar-refractivity contribution is -0.133. The number of nitrogens with one attached hydrogen (secondary N) is 1. The molecule has 1 atom stereocenters. The fourth-order valence-corrected chi connectivity index (χ4v) is 2.18. The first-order valence-electron chi connectivity index (χ1n) is 6.46. The summed E-state index contributed by atoms with van der Waals surface area (Å²) >= 11 is 5.84. The Kier molecular flexibility index (Phi) is 7.30. The van der Waals surface area contributed by atoms with Crippen LogP contribution >= 0.6 is 24.0 Å². The molecule has 0 aromatic heterocycles. The van der Waals surface area contributed by atoms with Crippen LogP contribution in [-0.4, -0.2) is 43.7 Å². The Morgan fingerprint density at radius 1 is 1.45 bits per heavy atom. The predicted octanol–water partition coefficient (Wildman–Crippen LogP) is 2.10. The van der Waals surface area contributed by atoms with Gasteiger partial charge in [0.25, 0.3) is 0 Å².